The highest BCUT2D eigenvalue weighted by Gasteiger charge is 2.36. The molecule has 1 aliphatic rings. The summed E-state index contributed by atoms with van der Waals surface area (Å²) < 4.78 is 1.84. The van der Waals surface area contributed by atoms with E-state index in [1.807, 2.05) is 10.9 Å². The highest BCUT2D eigenvalue weighted by Crippen LogP contribution is 2.15. The predicted octanol–water partition coefficient (Wildman–Crippen LogP) is -0.397. The van der Waals surface area contributed by atoms with Gasteiger partial charge < -0.3 is 20.6 Å². The fraction of sp³-hybridized carbons (Fsp3) is 0.857. The zero-order chi connectivity index (χ0) is 16.3. The molecule has 7 nitrogen and oxygen atoms in total. The molecule has 8 heteroatoms. The Morgan fingerprint density at radius 3 is 2.68 bits per heavy atom. The van der Waals surface area contributed by atoms with Gasteiger partial charge in [-0.3, -0.25) is 4.68 Å². The largest absolute Gasteiger partial charge is 0.389 e. The SMILES string of the molecule is C[Si](C)(C)CCCn1cc(C[C@H]2NC[C@@H](O)[C@H](O)[C@H]2O)nn1. The lowest BCUT2D eigenvalue weighted by Gasteiger charge is -2.35. The van der Waals surface area contributed by atoms with E-state index in [0.717, 1.165) is 18.7 Å². The number of aromatic nitrogens is 3. The first-order chi connectivity index (χ1) is 10.3. The molecule has 4 N–H and O–H groups in total. The number of aryl methyl sites for hydroxylation is 1. The molecule has 0 saturated carbocycles. The van der Waals surface area contributed by atoms with Crippen molar-refractivity contribution in [1.82, 2.24) is 20.3 Å². The molecule has 0 aliphatic carbocycles. The van der Waals surface area contributed by atoms with Crippen molar-refractivity contribution < 1.29 is 15.3 Å². The van der Waals surface area contributed by atoms with Gasteiger partial charge in [-0.05, 0) is 6.42 Å². The summed E-state index contributed by atoms with van der Waals surface area (Å²) in [4.78, 5) is 0. The summed E-state index contributed by atoms with van der Waals surface area (Å²) in [6, 6.07) is 0.945. The highest BCUT2D eigenvalue weighted by atomic mass is 28.3. The van der Waals surface area contributed by atoms with Gasteiger partial charge in [0.1, 0.15) is 6.10 Å². The lowest BCUT2D eigenvalue weighted by Crippen LogP contribution is -2.60. The molecule has 126 valence electrons. The quantitative estimate of drug-likeness (QED) is 0.530. The summed E-state index contributed by atoms with van der Waals surface area (Å²) >= 11 is 0. The van der Waals surface area contributed by atoms with Gasteiger partial charge in [0.05, 0.1) is 17.9 Å². The van der Waals surface area contributed by atoms with Gasteiger partial charge in [-0.1, -0.05) is 30.9 Å². The van der Waals surface area contributed by atoms with Gasteiger partial charge in [-0.15, -0.1) is 5.10 Å². The summed E-state index contributed by atoms with van der Waals surface area (Å²) in [6.07, 6.45) is 0.449. The maximum absolute atomic E-state index is 9.98. The van der Waals surface area contributed by atoms with Crippen LogP contribution in [0.1, 0.15) is 12.1 Å². The van der Waals surface area contributed by atoms with Gasteiger partial charge in [0, 0.05) is 39.8 Å². The van der Waals surface area contributed by atoms with Gasteiger partial charge in [-0.25, -0.2) is 0 Å². The average molecular weight is 328 g/mol. The van der Waals surface area contributed by atoms with Crippen molar-refractivity contribution in [2.24, 2.45) is 0 Å². The number of piperidine rings is 1. The van der Waals surface area contributed by atoms with Crippen LogP contribution in [0.4, 0.5) is 0 Å². The van der Waals surface area contributed by atoms with E-state index in [2.05, 4.69) is 35.3 Å². The van der Waals surface area contributed by atoms with E-state index in [4.69, 9.17) is 0 Å². The molecule has 0 radical (unpaired) electrons. The first-order valence-corrected chi connectivity index (χ1v) is 11.6. The van der Waals surface area contributed by atoms with Crippen LogP contribution in [0.3, 0.4) is 0 Å². The van der Waals surface area contributed by atoms with Crippen LogP contribution in [0.25, 0.3) is 0 Å². The molecule has 1 aromatic rings. The van der Waals surface area contributed by atoms with Gasteiger partial charge in [0.25, 0.3) is 0 Å². The maximum Gasteiger partial charge on any atom is 0.108 e. The van der Waals surface area contributed by atoms with E-state index in [0.29, 0.717) is 6.42 Å². The fourth-order valence-electron chi connectivity index (χ4n) is 2.71. The molecule has 0 bridgehead atoms. The van der Waals surface area contributed by atoms with Crippen molar-refractivity contribution in [1.29, 1.82) is 0 Å². The van der Waals surface area contributed by atoms with E-state index >= 15 is 0 Å². The smallest absolute Gasteiger partial charge is 0.108 e. The molecule has 1 fully saturated rings. The van der Waals surface area contributed by atoms with E-state index < -0.39 is 26.4 Å². The first kappa shape index (κ1) is 17.5. The molecule has 22 heavy (non-hydrogen) atoms. The Kier molecular flexibility index (Phi) is 5.73. The number of hydrogen-bond donors (Lipinski definition) is 4. The van der Waals surface area contributed by atoms with Crippen LogP contribution in [-0.2, 0) is 13.0 Å². The normalized spacial score (nSPS) is 29.7. The third-order valence-electron chi connectivity index (χ3n) is 4.07. The molecule has 0 aromatic carbocycles. The van der Waals surface area contributed by atoms with Crippen LogP contribution in [0.5, 0.6) is 0 Å². The van der Waals surface area contributed by atoms with Gasteiger partial charge in [-0.2, -0.15) is 0 Å². The van der Waals surface area contributed by atoms with E-state index in [-0.39, 0.29) is 12.6 Å². The van der Waals surface area contributed by atoms with Crippen LogP contribution in [0.15, 0.2) is 6.20 Å². The molecule has 0 unspecified atom stereocenters. The zero-order valence-electron chi connectivity index (χ0n) is 13.6. The summed E-state index contributed by atoms with van der Waals surface area (Å²) in [5.41, 5.74) is 0.785. The Labute approximate surface area is 132 Å². The minimum atomic E-state index is -1.11. The van der Waals surface area contributed by atoms with Crippen LogP contribution in [0, 0.1) is 0 Å². The summed E-state index contributed by atoms with van der Waals surface area (Å²) in [5, 5.41) is 40.5. The minimum absolute atomic E-state index is 0.271. The summed E-state index contributed by atoms with van der Waals surface area (Å²) in [6.45, 7) is 8.20. The van der Waals surface area contributed by atoms with Gasteiger partial charge in [0.2, 0.25) is 0 Å². The van der Waals surface area contributed by atoms with Gasteiger partial charge >= 0.3 is 0 Å². The van der Waals surface area contributed by atoms with Crippen molar-refractivity contribution in [2.45, 2.75) is 69.4 Å². The average Bonchev–Trinajstić information content (AvgIpc) is 2.86. The molecular formula is C14H28N4O3Si. The second kappa shape index (κ2) is 7.18. The Bertz CT molecular complexity index is 477. The number of nitrogens with zero attached hydrogens (tertiary/aromatic N) is 3. The Balaban J connectivity index is 1.84. The van der Waals surface area contributed by atoms with E-state index in [1.54, 1.807) is 0 Å². The standard InChI is InChI=1S/C14H28N4O3Si/c1-22(2,3)6-4-5-18-9-10(16-17-18)7-11-13(20)14(21)12(19)8-15-11/h9,11-15,19-21H,4-8H2,1-3H3/t11-,12-,13+,14+/m1/s1. The lowest BCUT2D eigenvalue weighted by atomic mass is 9.93. The molecule has 0 amide bonds. The van der Waals surface area contributed by atoms with Crippen LogP contribution in [0.2, 0.25) is 25.7 Å². The second-order valence-corrected chi connectivity index (χ2v) is 13.0. The Hall–Kier alpha value is -0.803. The third-order valence-corrected chi connectivity index (χ3v) is 5.93. The molecular weight excluding hydrogens is 300 g/mol. The second-order valence-electron chi connectivity index (χ2n) is 7.40. The predicted molar refractivity (Wildman–Crippen MR) is 86.3 cm³/mol. The highest BCUT2D eigenvalue weighted by molar-refractivity contribution is 6.76. The fourth-order valence-corrected chi connectivity index (χ4v) is 3.93. The zero-order valence-corrected chi connectivity index (χ0v) is 14.6. The van der Waals surface area contributed by atoms with E-state index in [1.165, 1.54) is 6.04 Å². The number of aliphatic hydroxyl groups excluding tert-OH is 3. The van der Waals surface area contributed by atoms with E-state index in [9.17, 15) is 15.3 Å². The molecule has 2 heterocycles. The monoisotopic (exact) mass is 328 g/mol. The number of β-amino-alcohol motifs (C(OH)–C–C–N with tert-alkyl or cyclic N) is 1. The Morgan fingerprint density at radius 1 is 1.27 bits per heavy atom. The van der Waals surface area contributed by atoms with Crippen molar-refractivity contribution in [3.05, 3.63) is 11.9 Å². The Morgan fingerprint density at radius 2 is 2.00 bits per heavy atom. The molecule has 2 rings (SSSR count). The van der Waals surface area contributed by atoms with Crippen molar-refractivity contribution in [3.8, 4) is 0 Å². The number of rotatable bonds is 6. The topological polar surface area (TPSA) is 103 Å². The molecule has 0 spiro atoms. The molecule has 4 atom stereocenters. The minimum Gasteiger partial charge on any atom is -0.389 e. The maximum atomic E-state index is 9.98. The van der Waals surface area contributed by atoms with Crippen LogP contribution in [-0.4, -0.2) is 69.3 Å². The van der Waals surface area contributed by atoms with Crippen LogP contribution >= 0.6 is 0 Å². The third kappa shape index (κ3) is 4.85. The number of hydrogen-bond acceptors (Lipinski definition) is 6. The van der Waals surface area contributed by atoms with Gasteiger partial charge in [0.15, 0.2) is 0 Å². The van der Waals surface area contributed by atoms with Crippen molar-refractivity contribution in [3.63, 3.8) is 0 Å². The van der Waals surface area contributed by atoms with Crippen LogP contribution < -0.4 is 5.32 Å². The first-order valence-electron chi connectivity index (χ1n) is 7.93. The summed E-state index contributed by atoms with van der Waals surface area (Å²) in [7, 11) is -1.02. The number of nitrogens with one attached hydrogen (secondary N) is 1. The van der Waals surface area contributed by atoms with Crippen molar-refractivity contribution >= 4 is 8.07 Å². The summed E-state index contributed by atoms with van der Waals surface area (Å²) in [5.74, 6) is 0. The number of aliphatic hydroxyl groups is 3. The molecule has 1 aliphatic heterocycles. The van der Waals surface area contributed by atoms with Crippen molar-refractivity contribution in [2.75, 3.05) is 6.54 Å². The lowest BCUT2D eigenvalue weighted by molar-refractivity contribution is -0.0939. The molecule has 1 aromatic heterocycles. The molecule has 1 saturated heterocycles.